The number of aliphatic carboxylic acids is 1. The molecule has 1 aliphatic rings. The number of aromatic nitrogens is 2. The van der Waals surface area contributed by atoms with Crippen molar-refractivity contribution < 1.29 is 14.6 Å². The number of hydrogen-bond donors (Lipinski definition) is 1. The predicted molar refractivity (Wildman–Crippen MR) is 63.5 cm³/mol. The number of carboxylic acid groups (broad SMARTS) is 1. The van der Waals surface area contributed by atoms with E-state index < -0.39 is 11.5 Å². The van der Waals surface area contributed by atoms with Gasteiger partial charge in [0.2, 0.25) is 0 Å². The summed E-state index contributed by atoms with van der Waals surface area (Å²) < 4.78 is 7.02. The van der Waals surface area contributed by atoms with Gasteiger partial charge in [-0.05, 0) is 12.1 Å². The summed E-state index contributed by atoms with van der Waals surface area (Å²) in [4.78, 5) is 11.8. The lowest BCUT2D eigenvalue weighted by atomic mass is 9.84. The van der Waals surface area contributed by atoms with Crippen molar-refractivity contribution in [1.82, 2.24) is 9.78 Å². The van der Waals surface area contributed by atoms with E-state index in [1.54, 1.807) is 30.6 Å². The fourth-order valence-corrected chi connectivity index (χ4v) is 2.43. The van der Waals surface area contributed by atoms with Crippen molar-refractivity contribution in [2.45, 2.75) is 12.0 Å². The van der Waals surface area contributed by atoms with Gasteiger partial charge in [0.15, 0.2) is 5.54 Å². The van der Waals surface area contributed by atoms with Crippen LogP contribution in [0.4, 0.5) is 0 Å². The summed E-state index contributed by atoms with van der Waals surface area (Å²) in [5.74, 6) is -0.302. The lowest BCUT2D eigenvalue weighted by molar-refractivity contribution is -0.147. The van der Waals surface area contributed by atoms with E-state index in [9.17, 15) is 9.90 Å². The van der Waals surface area contributed by atoms with Crippen molar-refractivity contribution in [2.24, 2.45) is 0 Å². The highest BCUT2D eigenvalue weighted by Crippen LogP contribution is 2.39. The SMILES string of the molecule is O=C(O)C1(n2cccn2)CCOc2ccccc21. The van der Waals surface area contributed by atoms with Gasteiger partial charge in [0.1, 0.15) is 5.75 Å². The standard InChI is InChI=1S/C13H12N2O3/c16-12(17)13(15-8-3-7-14-15)6-9-18-11-5-2-1-4-10(11)13/h1-5,7-8H,6,9H2,(H,16,17). The average Bonchev–Trinajstić information content (AvgIpc) is 2.92. The molecule has 0 bridgehead atoms. The van der Waals surface area contributed by atoms with Crippen LogP contribution in [0.3, 0.4) is 0 Å². The molecular weight excluding hydrogens is 232 g/mol. The Bertz CT molecular complexity index is 580. The first-order chi connectivity index (χ1) is 8.75. The van der Waals surface area contributed by atoms with Crippen LogP contribution in [0.2, 0.25) is 0 Å². The molecule has 1 unspecified atom stereocenters. The smallest absolute Gasteiger partial charge is 0.336 e. The summed E-state index contributed by atoms with van der Waals surface area (Å²) in [5.41, 5.74) is -0.523. The fourth-order valence-electron chi connectivity index (χ4n) is 2.43. The van der Waals surface area contributed by atoms with Crippen LogP contribution in [0.5, 0.6) is 5.75 Å². The number of hydrogen-bond acceptors (Lipinski definition) is 3. The number of benzene rings is 1. The van der Waals surface area contributed by atoms with E-state index >= 15 is 0 Å². The third-order valence-electron chi connectivity index (χ3n) is 3.30. The first-order valence-corrected chi connectivity index (χ1v) is 5.71. The second-order valence-corrected chi connectivity index (χ2v) is 4.21. The van der Waals surface area contributed by atoms with E-state index in [-0.39, 0.29) is 0 Å². The minimum Gasteiger partial charge on any atom is -0.493 e. The molecule has 5 nitrogen and oxygen atoms in total. The zero-order valence-electron chi connectivity index (χ0n) is 9.61. The van der Waals surface area contributed by atoms with Crippen molar-refractivity contribution in [3.63, 3.8) is 0 Å². The highest BCUT2D eigenvalue weighted by Gasteiger charge is 2.47. The van der Waals surface area contributed by atoms with Crippen molar-refractivity contribution in [3.05, 3.63) is 48.3 Å². The van der Waals surface area contributed by atoms with Gasteiger partial charge >= 0.3 is 5.97 Å². The summed E-state index contributed by atoms with van der Waals surface area (Å²) in [5, 5.41) is 13.8. The molecule has 18 heavy (non-hydrogen) atoms. The van der Waals surface area contributed by atoms with Crippen LogP contribution in [0.15, 0.2) is 42.7 Å². The topological polar surface area (TPSA) is 64.3 Å². The summed E-state index contributed by atoms with van der Waals surface area (Å²) >= 11 is 0. The van der Waals surface area contributed by atoms with Crippen molar-refractivity contribution in [3.8, 4) is 5.75 Å². The maximum atomic E-state index is 11.8. The molecule has 1 N–H and O–H groups in total. The number of carbonyl (C=O) groups is 1. The minimum absolute atomic E-state index is 0.362. The van der Waals surface area contributed by atoms with Gasteiger partial charge in [0.25, 0.3) is 0 Å². The molecule has 0 fully saturated rings. The monoisotopic (exact) mass is 244 g/mol. The van der Waals surface area contributed by atoms with Crippen LogP contribution < -0.4 is 4.74 Å². The summed E-state index contributed by atoms with van der Waals surface area (Å²) in [6, 6.07) is 8.94. The zero-order valence-corrected chi connectivity index (χ0v) is 9.61. The molecule has 2 heterocycles. The molecule has 2 aromatic rings. The van der Waals surface area contributed by atoms with E-state index in [1.807, 2.05) is 12.1 Å². The van der Waals surface area contributed by atoms with Gasteiger partial charge in [-0.1, -0.05) is 18.2 Å². The number of carboxylic acids is 1. The molecule has 1 aromatic carbocycles. The summed E-state index contributed by atoms with van der Waals surface area (Å²) in [7, 11) is 0. The van der Waals surface area contributed by atoms with Gasteiger partial charge < -0.3 is 9.84 Å². The fraction of sp³-hybridized carbons (Fsp3) is 0.231. The van der Waals surface area contributed by atoms with Gasteiger partial charge in [-0.15, -0.1) is 0 Å². The Hall–Kier alpha value is -2.30. The molecule has 92 valence electrons. The van der Waals surface area contributed by atoms with E-state index in [0.717, 1.165) is 0 Å². The number of fused-ring (bicyclic) bond motifs is 1. The van der Waals surface area contributed by atoms with E-state index in [2.05, 4.69) is 5.10 Å². The second kappa shape index (κ2) is 3.87. The minimum atomic E-state index is -1.17. The molecule has 0 saturated carbocycles. The molecule has 0 spiro atoms. The van der Waals surface area contributed by atoms with E-state index in [1.165, 1.54) is 4.68 Å². The lowest BCUT2D eigenvalue weighted by Crippen LogP contribution is -2.47. The van der Waals surface area contributed by atoms with Crippen LogP contribution >= 0.6 is 0 Å². The van der Waals surface area contributed by atoms with Crippen LogP contribution in [-0.4, -0.2) is 27.5 Å². The van der Waals surface area contributed by atoms with E-state index in [0.29, 0.717) is 24.3 Å². The zero-order chi connectivity index (χ0) is 12.6. The molecule has 1 aromatic heterocycles. The first-order valence-electron chi connectivity index (χ1n) is 5.71. The number of nitrogens with zero attached hydrogens (tertiary/aromatic N) is 2. The molecule has 0 saturated heterocycles. The first kappa shape index (κ1) is 10.8. The lowest BCUT2D eigenvalue weighted by Gasteiger charge is -2.35. The highest BCUT2D eigenvalue weighted by molar-refractivity contribution is 5.82. The third kappa shape index (κ3) is 1.33. The summed E-state index contributed by atoms with van der Waals surface area (Å²) in [6.07, 6.45) is 3.63. The quantitative estimate of drug-likeness (QED) is 0.869. The van der Waals surface area contributed by atoms with Crippen molar-refractivity contribution >= 4 is 5.97 Å². The Kier molecular flexibility index (Phi) is 2.33. The number of ether oxygens (including phenoxy) is 1. The highest BCUT2D eigenvalue weighted by atomic mass is 16.5. The maximum absolute atomic E-state index is 11.8. The average molecular weight is 244 g/mol. The summed E-state index contributed by atoms with van der Waals surface area (Å²) in [6.45, 7) is 0.364. The Balaban J connectivity index is 2.27. The van der Waals surface area contributed by atoms with Gasteiger partial charge in [-0.2, -0.15) is 5.10 Å². The Morgan fingerprint density at radius 1 is 1.39 bits per heavy atom. The van der Waals surface area contributed by atoms with Gasteiger partial charge in [-0.25, -0.2) is 4.79 Å². The molecule has 0 radical (unpaired) electrons. The largest absolute Gasteiger partial charge is 0.493 e. The maximum Gasteiger partial charge on any atom is 0.336 e. The Morgan fingerprint density at radius 2 is 2.22 bits per heavy atom. The van der Waals surface area contributed by atoms with Crippen molar-refractivity contribution in [1.29, 1.82) is 0 Å². The molecule has 1 atom stereocenters. The molecule has 5 heteroatoms. The normalized spacial score (nSPS) is 22.0. The molecule has 0 aliphatic carbocycles. The van der Waals surface area contributed by atoms with Crippen LogP contribution in [0, 0.1) is 0 Å². The molecule has 1 aliphatic heterocycles. The second-order valence-electron chi connectivity index (χ2n) is 4.21. The molecule has 0 amide bonds. The van der Waals surface area contributed by atoms with Crippen LogP contribution in [0.25, 0.3) is 0 Å². The molecular formula is C13H12N2O3. The van der Waals surface area contributed by atoms with Crippen LogP contribution in [-0.2, 0) is 10.3 Å². The predicted octanol–water partition coefficient (Wildman–Crippen LogP) is 1.49. The van der Waals surface area contributed by atoms with Crippen molar-refractivity contribution in [2.75, 3.05) is 6.61 Å². The third-order valence-corrected chi connectivity index (χ3v) is 3.30. The van der Waals surface area contributed by atoms with Gasteiger partial charge in [0.05, 0.1) is 6.61 Å². The Labute approximate surface area is 104 Å². The van der Waals surface area contributed by atoms with E-state index in [4.69, 9.17) is 4.74 Å². The molecule has 3 rings (SSSR count). The van der Waals surface area contributed by atoms with Gasteiger partial charge in [0, 0.05) is 24.4 Å². The Morgan fingerprint density at radius 3 is 2.94 bits per heavy atom. The number of para-hydroxylation sites is 1. The van der Waals surface area contributed by atoms with Gasteiger partial charge in [-0.3, -0.25) is 4.68 Å². The van der Waals surface area contributed by atoms with Crippen LogP contribution in [0.1, 0.15) is 12.0 Å². The number of rotatable bonds is 2.